The number of nitrogens with one attached hydrogen (secondary N) is 2. The second-order valence-electron chi connectivity index (χ2n) is 5.81. The van der Waals surface area contributed by atoms with Crippen LogP contribution in [-0.2, 0) is 4.79 Å². The first kappa shape index (κ1) is 19.0. The first-order chi connectivity index (χ1) is 13.7. The molecule has 0 spiro atoms. The molecule has 0 unspecified atom stereocenters. The molecule has 28 heavy (non-hydrogen) atoms. The van der Waals surface area contributed by atoms with Crippen LogP contribution in [0.25, 0.3) is 6.08 Å². The third-order valence-electron chi connectivity index (χ3n) is 3.78. The number of benzene rings is 2. The van der Waals surface area contributed by atoms with Gasteiger partial charge in [0.1, 0.15) is 17.2 Å². The van der Waals surface area contributed by atoms with Gasteiger partial charge in [0.25, 0.3) is 11.8 Å². The fourth-order valence-electron chi connectivity index (χ4n) is 2.46. The molecule has 3 rings (SSSR count). The zero-order valence-electron chi connectivity index (χ0n) is 15.3. The predicted octanol–water partition coefficient (Wildman–Crippen LogP) is 4.09. The molecule has 0 aliphatic rings. The van der Waals surface area contributed by atoms with Gasteiger partial charge in [-0.15, -0.1) is 0 Å². The summed E-state index contributed by atoms with van der Waals surface area (Å²) in [5.41, 5.74) is 1.09. The van der Waals surface area contributed by atoms with Gasteiger partial charge in [-0.1, -0.05) is 18.2 Å². The van der Waals surface area contributed by atoms with E-state index in [1.54, 1.807) is 60.7 Å². The van der Waals surface area contributed by atoms with Gasteiger partial charge < -0.3 is 19.8 Å². The summed E-state index contributed by atoms with van der Waals surface area (Å²) in [6, 6.07) is 19.0. The Bertz CT molecular complexity index is 946. The number of carbonyl (C=O) groups is 2. The quantitative estimate of drug-likeness (QED) is 0.609. The lowest BCUT2D eigenvalue weighted by molar-refractivity contribution is -0.113. The van der Waals surface area contributed by atoms with Gasteiger partial charge in [-0.3, -0.25) is 9.59 Å². The Hall–Kier alpha value is -3.80. The SMILES string of the molecule is CCOc1ccc(NC(=O)C(=Cc2ccco2)NC(=O)c2ccccc2)cc1. The highest BCUT2D eigenvalue weighted by Gasteiger charge is 2.15. The molecule has 6 nitrogen and oxygen atoms in total. The topological polar surface area (TPSA) is 80.6 Å². The molecule has 2 amide bonds. The standard InChI is InChI=1S/C22H20N2O4/c1-2-27-18-12-10-17(11-13-18)23-22(26)20(15-19-9-6-14-28-19)24-21(25)16-7-4-3-5-8-16/h3-15H,2H2,1H3,(H,23,26)(H,24,25). The van der Waals surface area contributed by atoms with Crippen LogP contribution < -0.4 is 15.4 Å². The number of furan rings is 1. The maximum absolute atomic E-state index is 12.7. The van der Waals surface area contributed by atoms with E-state index >= 15 is 0 Å². The number of amides is 2. The predicted molar refractivity (Wildman–Crippen MR) is 107 cm³/mol. The summed E-state index contributed by atoms with van der Waals surface area (Å²) in [5, 5.41) is 5.41. The number of anilines is 1. The first-order valence-electron chi connectivity index (χ1n) is 8.81. The van der Waals surface area contributed by atoms with E-state index in [0.717, 1.165) is 0 Å². The van der Waals surface area contributed by atoms with E-state index in [4.69, 9.17) is 9.15 Å². The Kier molecular flexibility index (Phi) is 6.25. The van der Waals surface area contributed by atoms with Gasteiger partial charge in [0.05, 0.1) is 12.9 Å². The molecule has 142 valence electrons. The summed E-state index contributed by atoms with van der Waals surface area (Å²) in [5.74, 6) is 0.305. The van der Waals surface area contributed by atoms with Crippen LogP contribution in [0.2, 0.25) is 0 Å². The van der Waals surface area contributed by atoms with Crippen LogP contribution >= 0.6 is 0 Å². The highest BCUT2D eigenvalue weighted by atomic mass is 16.5. The van der Waals surface area contributed by atoms with Crippen molar-refractivity contribution in [1.29, 1.82) is 0 Å². The highest BCUT2D eigenvalue weighted by molar-refractivity contribution is 6.10. The van der Waals surface area contributed by atoms with Crippen molar-refractivity contribution in [3.05, 3.63) is 90.0 Å². The van der Waals surface area contributed by atoms with Crippen LogP contribution in [0, 0.1) is 0 Å². The minimum atomic E-state index is -0.468. The molecule has 0 saturated carbocycles. The number of hydrogen-bond donors (Lipinski definition) is 2. The van der Waals surface area contributed by atoms with Crippen molar-refractivity contribution < 1.29 is 18.7 Å². The van der Waals surface area contributed by atoms with E-state index in [-0.39, 0.29) is 11.6 Å². The lowest BCUT2D eigenvalue weighted by atomic mass is 10.2. The molecule has 0 fully saturated rings. The van der Waals surface area contributed by atoms with Crippen molar-refractivity contribution in [2.75, 3.05) is 11.9 Å². The lowest BCUT2D eigenvalue weighted by Gasteiger charge is -2.11. The van der Waals surface area contributed by atoms with Crippen molar-refractivity contribution in [2.45, 2.75) is 6.92 Å². The van der Waals surface area contributed by atoms with E-state index < -0.39 is 5.91 Å². The van der Waals surface area contributed by atoms with Gasteiger partial charge in [-0.25, -0.2) is 0 Å². The van der Waals surface area contributed by atoms with E-state index in [1.165, 1.54) is 12.3 Å². The molecule has 0 bridgehead atoms. The molecule has 6 heteroatoms. The lowest BCUT2D eigenvalue weighted by Crippen LogP contribution is -2.30. The largest absolute Gasteiger partial charge is 0.494 e. The third kappa shape index (κ3) is 5.11. The van der Waals surface area contributed by atoms with Crippen LogP contribution in [0.3, 0.4) is 0 Å². The monoisotopic (exact) mass is 376 g/mol. The third-order valence-corrected chi connectivity index (χ3v) is 3.78. The van der Waals surface area contributed by atoms with Gasteiger partial charge in [-0.2, -0.15) is 0 Å². The molecule has 0 radical (unpaired) electrons. The van der Waals surface area contributed by atoms with Crippen LogP contribution in [0.4, 0.5) is 5.69 Å². The molecular formula is C22H20N2O4. The fourth-order valence-corrected chi connectivity index (χ4v) is 2.46. The average molecular weight is 376 g/mol. The van der Waals surface area contributed by atoms with E-state index in [2.05, 4.69) is 10.6 Å². The molecule has 0 aliphatic heterocycles. The summed E-state index contributed by atoms with van der Waals surface area (Å²) in [6.45, 7) is 2.46. The van der Waals surface area contributed by atoms with Crippen LogP contribution in [0.5, 0.6) is 5.75 Å². The summed E-state index contributed by atoms with van der Waals surface area (Å²) in [7, 11) is 0. The molecule has 1 aromatic heterocycles. The Morgan fingerprint density at radius 1 is 1.00 bits per heavy atom. The molecule has 0 aliphatic carbocycles. The van der Waals surface area contributed by atoms with Crippen LogP contribution in [0.15, 0.2) is 83.1 Å². The van der Waals surface area contributed by atoms with Gasteiger partial charge in [0.2, 0.25) is 0 Å². The molecule has 0 atom stereocenters. The second kappa shape index (κ2) is 9.23. The number of rotatable bonds is 7. The molecule has 2 aromatic carbocycles. The highest BCUT2D eigenvalue weighted by Crippen LogP contribution is 2.17. The summed E-state index contributed by atoms with van der Waals surface area (Å²) in [6.07, 6.45) is 2.97. The summed E-state index contributed by atoms with van der Waals surface area (Å²) in [4.78, 5) is 25.2. The summed E-state index contributed by atoms with van der Waals surface area (Å²) < 4.78 is 10.7. The van der Waals surface area contributed by atoms with Crippen molar-refractivity contribution >= 4 is 23.6 Å². The molecular weight excluding hydrogens is 356 g/mol. The zero-order chi connectivity index (χ0) is 19.8. The van der Waals surface area contributed by atoms with E-state index in [9.17, 15) is 9.59 Å². The number of hydrogen-bond acceptors (Lipinski definition) is 4. The summed E-state index contributed by atoms with van der Waals surface area (Å²) >= 11 is 0. The molecule has 1 heterocycles. The Labute approximate surface area is 162 Å². The van der Waals surface area contributed by atoms with Crippen LogP contribution in [-0.4, -0.2) is 18.4 Å². The average Bonchev–Trinajstić information content (AvgIpc) is 3.23. The van der Waals surface area contributed by atoms with Gasteiger partial charge in [0, 0.05) is 17.3 Å². The fraction of sp³-hybridized carbons (Fsp3) is 0.0909. The molecule has 2 N–H and O–H groups in total. The maximum atomic E-state index is 12.7. The van der Waals surface area contributed by atoms with E-state index in [0.29, 0.717) is 29.4 Å². The van der Waals surface area contributed by atoms with Crippen molar-refractivity contribution in [3.8, 4) is 5.75 Å². The second-order valence-corrected chi connectivity index (χ2v) is 5.81. The van der Waals surface area contributed by atoms with Crippen molar-refractivity contribution in [2.24, 2.45) is 0 Å². The smallest absolute Gasteiger partial charge is 0.272 e. The molecule has 0 saturated heterocycles. The minimum Gasteiger partial charge on any atom is -0.494 e. The minimum absolute atomic E-state index is 0.0673. The maximum Gasteiger partial charge on any atom is 0.272 e. The van der Waals surface area contributed by atoms with Crippen molar-refractivity contribution in [1.82, 2.24) is 5.32 Å². The Balaban J connectivity index is 1.78. The van der Waals surface area contributed by atoms with Gasteiger partial charge in [-0.05, 0) is 55.5 Å². The number of carbonyl (C=O) groups excluding carboxylic acids is 2. The Morgan fingerprint density at radius 3 is 2.39 bits per heavy atom. The van der Waals surface area contributed by atoms with Crippen LogP contribution in [0.1, 0.15) is 23.0 Å². The van der Waals surface area contributed by atoms with Crippen molar-refractivity contribution in [3.63, 3.8) is 0 Å². The molecule has 3 aromatic rings. The first-order valence-corrected chi connectivity index (χ1v) is 8.81. The van der Waals surface area contributed by atoms with Gasteiger partial charge in [0.15, 0.2) is 0 Å². The Morgan fingerprint density at radius 2 is 1.75 bits per heavy atom. The number of ether oxygens (including phenoxy) is 1. The van der Waals surface area contributed by atoms with Gasteiger partial charge >= 0.3 is 0 Å². The zero-order valence-corrected chi connectivity index (χ0v) is 15.3. The van der Waals surface area contributed by atoms with E-state index in [1.807, 2.05) is 13.0 Å². The normalized spacial score (nSPS) is 11.0.